The third-order valence-electron chi connectivity index (χ3n) is 4.38. The fraction of sp³-hybridized carbons (Fsp3) is 0.368. The number of hydrogen-bond donors (Lipinski definition) is 1. The molecule has 0 heterocycles. The van der Waals surface area contributed by atoms with E-state index >= 15 is 0 Å². The molecule has 2 aromatic carbocycles. The predicted molar refractivity (Wildman–Crippen MR) is 89.3 cm³/mol. The van der Waals surface area contributed by atoms with E-state index in [0.717, 1.165) is 5.75 Å². The van der Waals surface area contributed by atoms with Crippen molar-refractivity contribution >= 4 is 0 Å². The van der Waals surface area contributed by atoms with Crippen molar-refractivity contribution in [2.75, 3.05) is 14.2 Å². The summed E-state index contributed by atoms with van der Waals surface area (Å²) in [5.74, 6) is 0.979. The van der Waals surface area contributed by atoms with Gasteiger partial charge in [0, 0.05) is 5.56 Å². The lowest BCUT2D eigenvalue weighted by Gasteiger charge is -2.22. The summed E-state index contributed by atoms with van der Waals surface area (Å²) >= 11 is 0. The predicted octanol–water partition coefficient (Wildman–Crippen LogP) is 4.24. The molecule has 0 radical (unpaired) electrons. The molecule has 1 N–H and O–H groups in total. The van der Waals surface area contributed by atoms with Gasteiger partial charge in [0.1, 0.15) is 5.75 Å². The molecule has 0 saturated carbocycles. The summed E-state index contributed by atoms with van der Waals surface area (Å²) in [5, 5.41) is 3.42. The van der Waals surface area contributed by atoms with Crippen molar-refractivity contribution in [3.8, 4) is 5.75 Å². The van der Waals surface area contributed by atoms with Gasteiger partial charge < -0.3 is 10.1 Å². The molecule has 0 aromatic heterocycles. The maximum Gasteiger partial charge on any atom is 0.127 e. The fourth-order valence-electron chi connectivity index (χ4n) is 2.76. The molecule has 0 amide bonds. The van der Waals surface area contributed by atoms with E-state index < -0.39 is 0 Å². The third kappa shape index (κ3) is 2.96. The first-order valence-electron chi connectivity index (χ1n) is 7.38. The SMILES string of the molecule is CNC(c1ccc(C)c(C)c1)c1ccc(C)c(C)c1OC. The molecule has 2 rings (SSSR count). The molecule has 0 aliphatic heterocycles. The Hall–Kier alpha value is -1.80. The number of benzene rings is 2. The number of hydrogen-bond acceptors (Lipinski definition) is 2. The zero-order valence-corrected chi connectivity index (χ0v) is 13.9. The highest BCUT2D eigenvalue weighted by molar-refractivity contribution is 5.50. The lowest BCUT2D eigenvalue weighted by atomic mass is 9.92. The fourth-order valence-corrected chi connectivity index (χ4v) is 2.76. The summed E-state index contributed by atoms with van der Waals surface area (Å²) < 4.78 is 5.68. The molecule has 0 bridgehead atoms. The normalized spacial score (nSPS) is 12.3. The van der Waals surface area contributed by atoms with Crippen LogP contribution in [0.25, 0.3) is 0 Å². The summed E-state index contributed by atoms with van der Waals surface area (Å²) in [6.07, 6.45) is 0. The van der Waals surface area contributed by atoms with Crippen molar-refractivity contribution in [1.29, 1.82) is 0 Å². The van der Waals surface area contributed by atoms with Crippen molar-refractivity contribution in [2.45, 2.75) is 33.7 Å². The van der Waals surface area contributed by atoms with Gasteiger partial charge in [-0.1, -0.05) is 30.3 Å². The van der Waals surface area contributed by atoms with Gasteiger partial charge in [-0.05, 0) is 62.6 Å². The highest BCUT2D eigenvalue weighted by Gasteiger charge is 2.19. The van der Waals surface area contributed by atoms with Crippen LogP contribution in [0.4, 0.5) is 0 Å². The molecule has 2 nitrogen and oxygen atoms in total. The Balaban J connectivity index is 2.56. The number of ether oxygens (including phenoxy) is 1. The molecule has 1 atom stereocenters. The van der Waals surface area contributed by atoms with E-state index in [9.17, 15) is 0 Å². The number of methoxy groups -OCH3 is 1. The molecule has 2 heteroatoms. The van der Waals surface area contributed by atoms with Crippen LogP contribution in [0.5, 0.6) is 5.75 Å². The van der Waals surface area contributed by atoms with Crippen molar-refractivity contribution in [3.63, 3.8) is 0 Å². The molecule has 0 fully saturated rings. The van der Waals surface area contributed by atoms with Crippen LogP contribution in [-0.2, 0) is 0 Å². The Bertz CT molecular complexity index is 646. The van der Waals surface area contributed by atoms with E-state index in [1.54, 1.807) is 7.11 Å². The first kappa shape index (κ1) is 15.6. The summed E-state index contributed by atoms with van der Waals surface area (Å²) in [7, 11) is 3.74. The van der Waals surface area contributed by atoms with Gasteiger partial charge in [0.05, 0.1) is 13.2 Å². The monoisotopic (exact) mass is 283 g/mol. The van der Waals surface area contributed by atoms with Gasteiger partial charge in [-0.2, -0.15) is 0 Å². The van der Waals surface area contributed by atoms with Gasteiger partial charge in [-0.3, -0.25) is 0 Å². The molecule has 21 heavy (non-hydrogen) atoms. The van der Waals surface area contributed by atoms with Crippen LogP contribution < -0.4 is 10.1 Å². The van der Waals surface area contributed by atoms with Crippen LogP contribution in [0.3, 0.4) is 0 Å². The smallest absolute Gasteiger partial charge is 0.127 e. The van der Waals surface area contributed by atoms with Gasteiger partial charge in [0.25, 0.3) is 0 Å². The van der Waals surface area contributed by atoms with E-state index in [0.29, 0.717) is 0 Å². The largest absolute Gasteiger partial charge is 0.496 e. The van der Waals surface area contributed by atoms with Gasteiger partial charge >= 0.3 is 0 Å². The van der Waals surface area contributed by atoms with Crippen molar-refractivity contribution in [2.24, 2.45) is 0 Å². The minimum absolute atomic E-state index is 0.138. The maximum atomic E-state index is 5.68. The molecule has 0 saturated heterocycles. The van der Waals surface area contributed by atoms with E-state index in [2.05, 4.69) is 63.3 Å². The van der Waals surface area contributed by atoms with Crippen LogP contribution in [0.2, 0.25) is 0 Å². The van der Waals surface area contributed by atoms with Crippen molar-refractivity contribution < 1.29 is 4.74 Å². The number of rotatable bonds is 4. The summed E-state index contributed by atoms with van der Waals surface area (Å²) in [6.45, 7) is 8.53. The quantitative estimate of drug-likeness (QED) is 0.906. The second kappa shape index (κ2) is 6.31. The van der Waals surface area contributed by atoms with Crippen molar-refractivity contribution in [3.05, 3.63) is 63.7 Å². The number of aryl methyl sites for hydroxylation is 3. The Morgan fingerprint density at radius 1 is 0.905 bits per heavy atom. The van der Waals surface area contributed by atoms with Crippen LogP contribution in [0.1, 0.15) is 39.4 Å². The topological polar surface area (TPSA) is 21.3 Å². The van der Waals surface area contributed by atoms with Crippen LogP contribution in [-0.4, -0.2) is 14.2 Å². The zero-order chi connectivity index (χ0) is 15.6. The average Bonchev–Trinajstić information content (AvgIpc) is 2.47. The molecular weight excluding hydrogens is 258 g/mol. The Morgan fingerprint density at radius 3 is 2.14 bits per heavy atom. The lowest BCUT2D eigenvalue weighted by molar-refractivity contribution is 0.402. The average molecular weight is 283 g/mol. The van der Waals surface area contributed by atoms with E-state index in [1.165, 1.54) is 33.4 Å². The molecule has 0 spiro atoms. The molecule has 2 aromatic rings. The zero-order valence-electron chi connectivity index (χ0n) is 13.9. The second-order valence-electron chi connectivity index (χ2n) is 5.70. The highest BCUT2D eigenvalue weighted by Crippen LogP contribution is 2.34. The minimum atomic E-state index is 0.138. The standard InChI is InChI=1S/C19H25NO/c1-12-7-9-16(11-14(12)3)18(20-5)17-10-8-13(2)15(4)19(17)21-6/h7-11,18,20H,1-6H3. The summed E-state index contributed by atoms with van der Waals surface area (Å²) in [4.78, 5) is 0. The Morgan fingerprint density at radius 2 is 1.57 bits per heavy atom. The van der Waals surface area contributed by atoms with Crippen LogP contribution >= 0.6 is 0 Å². The van der Waals surface area contributed by atoms with Gasteiger partial charge in [0.2, 0.25) is 0 Å². The summed E-state index contributed by atoms with van der Waals surface area (Å²) in [6, 6.07) is 11.1. The maximum absolute atomic E-state index is 5.68. The van der Waals surface area contributed by atoms with Crippen LogP contribution in [0.15, 0.2) is 30.3 Å². The minimum Gasteiger partial charge on any atom is -0.496 e. The first-order valence-corrected chi connectivity index (χ1v) is 7.38. The number of nitrogens with one attached hydrogen (secondary N) is 1. The molecule has 1 unspecified atom stereocenters. The third-order valence-corrected chi connectivity index (χ3v) is 4.38. The molecular formula is C19H25NO. The molecule has 112 valence electrons. The first-order chi connectivity index (χ1) is 9.99. The van der Waals surface area contributed by atoms with Gasteiger partial charge in [-0.15, -0.1) is 0 Å². The van der Waals surface area contributed by atoms with E-state index in [4.69, 9.17) is 4.74 Å². The van der Waals surface area contributed by atoms with E-state index in [-0.39, 0.29) is 6.04 Å². The Kier molecular flexibility index (Phi) is 4.69. The highest BCUT2D eigenvalue weighted by atomic mass is 16.5. The lowest BCUT2D eigenvalue weighted by Crippen LogP contribution is -2.19. The van der Waals surface area contributed by atoms with E-state index in [1.807, 2.05) is 7.05 Å². The summed E-state index contributed by atoms with van der Waals surface area (Å²) in [5.41, 5.74) is 7.55. The van der Waals surface area contributed by atoms with Crippen molar-refractivity contribution in [1.82, 2.24) is 5.32 Å². The Labute approximate surface area is 128 Å². The van der Waals surface area contributed by atoms with Crippen LogP contribution in [0, 0.1) is 27.7 Å². The van der Waals surface area contributed by atoms with Gasteiger partial charge in [0.15, 0.2) is 0 Å². The van der Waals surface area contributed by atoms with Gasteiger partial charge in [-0.25, -0.2) is 0 Å². The second-order valence-corrected chi connectivity index (χ2v) is 5.70. The molecule has 0 aliphatic rings. The molecule has 0 aliphatic carbocycles.